The van der Waals surface area contributed by atoms with Crippen molar-refractivity contribution in [1.29, 1.82) is 0 Å². The van der Waals surface area contributed by atoms with Gasteiger partial charge in [-0.15, -0.1) is 0 Å². The molecule has 2 aromatic rings. The number of nitrogens with one attached hydrogen (secondary N) is 1. The van der Waals surface area contributed by atoms with Gasteiger partial charge in [-0.1, -0.05) is 11.3 Å². The molecule has 1 fully saturated rings. The standard InChI is InChI=1S/C12H14N2O2S/c1-15-9-2-3-10-11(6-9)17-12(14-10)13-8-4-5-16-7-8/h2-3,6,8H,4-5,7H2,1H3,(H,13,14). The summed E-state index contributed by atoms with van der Waals surface area (Å²) in [5.41, 5.74) is 1.01. The molecule has 1 saturated heterocycles. The van der Waals surface area contributed by atoms with Crippen molar-refractivity contribution in [1.82, 2.24) is 4.98 Å². The lowest BCUT2D eigenvalue weighted by molar-refractivity contribution is 0.195. The molecule has 0 bridgehead atoms. The van der Waals surface area contributed by atoms with Gasteiger partial charge in [0, 0.05) is 6.61 Å². The van der Waals surface area contributed by atoms with Crippen LogP contribution < -0.4 is 10.1 Å². The minimum absolute atomic E-state index is 0.400. The van der Waals surface area contributed by atoms with Crippen molar-refractivity contribution in [3.05, 3.63) is 18.2 Å². The predicted octanol–water partition coefficient (Wildman–Crippen LogP) is 2.51. The molecule has 5 heteroatoms. The Kier molecular flexibility index (Phi) is 2.86. The predicted molar refractivity (Wildman–Crippen MR) is 69.0 cm³/mol. The van der Waals surface area contributed by atoms with Crippen LogP contribution in [0.1, 0.15) is 6.42 Å². The first-order chi connectivity index (χ1) is 8.35. The highest BCUT2D eigenvalue weighted by Gasteiger charge is 2.16. The summed E-state index contributed by atoms with van der Waals surface area (Å²) in [5.74, 6) is 0.872. The molecule has 1 N–H and O–H groups in total. The largest absolute Gasteiger partial charge is 0.497 e. The molecule has 4 nitrogen and oxygen atoms in total. The zero-order valence-corrected chi connectivity index (χ0v) is 10.4. The topological polar surface area (TPSA) is 43.4 Å². The van der Waals surface area contributed by atoms with Gasteiger partial charge in [-0.05, 0) is 24.6 Å². The van der Waals surface area contributed by atoms with Crippen molar-refractivity contribution < 1.29 is 9.47 Å². The molecule has 0 aliphatic carbocycles. The van der Waals surface area contributed by atoms with E-state index in [9.17, 15) is 0 Å². The lowest BCUT2D eigenvalue weighted by Gasteiger charge is -2.07. The zero-order valence-electron chi connectivity index (χ0n) is 9.60. The summed E-state index contributed by atoms with van der Waals surface area (Å²) in [6.45, 7) is 1.62. The molecule has 1 aromatic carbocycles. The quantitative estimate of drug-likeness (QED) is 0.909. The summed E-state index contributed by atoms with van der Waals surface area (Å²) in [5, 5.41) is 4.37. The van der Waals surface area contributed by atoms with Crippen LogP contribution >= 0.6 is 11.3 Å². The number of hydrogen-bond acceptors (Lipinski definition) is 5. The van der Waals surface area contributed by atoms with E-state index in [1.54, 1.807) is 18.4 Å². The van der Waals surface area contributed by atoms with Gasteiger partial charge in [0.2, 0.25) is 0 Å². The van der Waals surface area contributed by atoms with Crippen molar-refractivity contribution >= 4 is 26.7 Å². The van der Waals surface area contributed by atoms with Crippen molar-refractivity contribution in [3.63, 3.8) is 0 Å². The molecule has 1 unspecified atom stereocenters. The minimum Gasteiger partial charge on any atom is -0.497 e. The van der Waals surface area contributed by atoms with Crippen LogP contribution in [0.3, 0.4) is 0 Å². The van der Waals surface area contributed by atoms with Gasteiger partial charge in [-0.2, -0.15) is 0 Å². The smallest absolute Gasteiger partial charge is 0.184 e. The van der Waals surface area contributed by atoms with Gasteiger partial charge in [0.1, 0.15) is 5.75 Å². The second-order valence-corrected chi connectivity index (χ2v) is 5.09. The van der Waals surface area contributed by atoms with Crippen LogP contribution in [0.25, 0.3) is 10.2 Å². The number of methoxy groups -OCH3 is 1. The Morgan fingerprint density at radius 3 is 3.24 bits per heavy atom. The maximum absolute atomic E-state index is 5.33. The molecule has 1 aliphatic rings. The first kappa shape index (κ1) is 10.8. The number of rotatable bonds is 3. The van der Waals surface area contributed by atoms with Crippen LogP contribution in [-0.2, 0) is 4.74 Å². The maximum Gasteiger partial charge on any atom is 0.184 e. The Bertz CT molecular complexity index is 520. The van der Waals surface area contributed by atoms with E-state index < -0.39 is 0 Å². The van der Waals surface area contributed by atoms with Crippen LogP contribution in [0, 0.1) is 0 Å². The van der Waals surface area contributed by atoms with E-state index in [2.05, 4.69) is 10.3 Å². The number of aromatic nitrogens is 1. The second-order valence-electron chi connectivity index (χ2n) is 4.06. The van der Waals surface area contributed by atoms with Gasteiger partial charge in [0.15, 0.2) is 5.13 Å². The monoisotopic (exact) mass is 250 g/mol. The number of hydrogen-bond donors (Lipinski definition) is 1. The highest BCUT2D eigenvalue weighted by Crippen LogP contribution is 2.29. The molecule has 0 spiro atoms. The number of nitrogens with zero attached hydrogens (tertiary/aromatic N) is 1. The summed E-state index contributed by atoms with van der Waals surface area (Å²) in [4.78, 5) is 4.55. The van der Waals surface area contributed by atoms with Crippen molar-refractivity contribution in [2.24, 2.45) is 0 Å². The van der Waals surface area contributed by atoms with Gasteiger partial charge < -0.3 is 14.8 Å². The van der Waals surface area contributed by atoms with E-state index in [1.165, 1.54) is 0 Å². The Morgan fingerprint density at radius 2 is 2.47 bits per heavy atom. The van der Waals surface area contributed by atoms with Crippen LogP contribution in [0.5, 0.6) is 5.75 Å². The summed E-state index contributed by atoms with van der Waals surface area (Å²) < 4.78 is 11.7. The zero-order chi connectivity index (χ0) is 11.7. The normalized spacial score (nSPS) is 19.7. The third kappa shape index (κ3) is 2.21. The molecule has 3 rings (SSSR count). The van der Waals surface area contributed by atoms with Crippen LogP contribution in [0.4, 0.5) is 5.13 Å². The first-order valence-corrected chi connectivity index (χ1v) is 6.45. The molecule has 0 amide bonds. The molecule has 0 saturated carbocycles. The Hall–Kier alpha value is -1.33. The molecule has 90 valence electrons. The van der Waals surface area contributed by atoms with Crippen molar-refractivity contribution in [3.8, 4) is 5.75 Å². The number of ether oxygens (including phenoxy) is 2. The fourth-order valence-electron chi connectivity index (χ4n) is 1.92. The van der Waals surface area contributed by atoms with E-state index in [-0.39, 0.29) is 0 Å². The highest BCUT2D eigenvalue weighted by molar-refractivity contribution is 7.22. The summed E-state index contributed by atoms with van der Waals surface area (Å²) in [7, 11) is 1.68. The van der Waals surface area contributed by atoms with E-state index in [4.69, 9.17) is 9.47 Å². The summed E-state index contributed by atoms with van der Waals surface area (Å²) in [6.07, 6.45) is 1.05. The van der Waals surface area contributed by atoms with Crippen LogP contribution in [-0.4, -0.2) is 31.3 Å². The lowest BCUT2D eigenvalue weighted by Crippen LogP contribution is -2.18. The Balaban J connectivity index is 1.85. The number of anilines is 1. The second kappa shape index (κ2) is 4.50. The maximum atomic E-state index is 5.33. The van der Waals surface area contributed by atoms with Crippen LogP contribution in [0.15, 0.2) is 18.2 Å². The molecular weight excluding hydrogens is 236 g/mol. The molecule has 2 heterocycles. The van der Waals surface area contributed by atoms with Crippen LogP contribution in [0.2, 0.25) is 0 Å². The molecule has 17 heavy (non-hydrogen) atoms. The van der Waals surface area contributed by atoms with Crippen molar-refractivity contribution in [2.75, 3.05) is 25.6 Å². The van der Waals surface area contributed by atoms with E-state index >= 15 is 0 Å². The third-order valence-corrected chi connectivity index (χ3v) is 3.80. The lowest BCUT2D eigenvalue weighted by atomic mass is 10.3. The Morgan fingerprint density at radius 1 is 1.53 bits per heavy atom. The van der Waals surface area contributed by atoms with E-state index in [1.807, 2.05) is 18.2 Å². The minimum atomic E-state index is 0.400. The van der Waals surface area contributed by atoms with Gasteiger partial charge in [0.25, 0.3) is 0 Å². The molecule has 1 aliphatic heterocycles. The molecular formula is C12H14N2O2S. The van der Waals surface area contributed by atoms with Gasteiger partial charge in [-0.25, -0.2) is 4.98 Å². The third-order valence-electron chi connectivity index (χ3n) is 2.85. The molecule has 1 aromatic heterocycles. The van der Waals surface area contributed by atoms with Gasteiger partial charge >= 0.3 is 0 Å². The fraction of sp³-hybridized carbons (Fsp3) is 0.417. The summed E-state index contributed by atoms with van der Waals surface area (Å²) >= 11 is 1.66. The molecule has 0 radical (unpaired) electrons. The Labute approximate surface area is 104 Å². The average molecular weight is 250 g/mol. The summed E-state index contributed by atoms with van der Waals surface area (Å²) in [6, 6.07) is 6.34. The SMILES string of the molecule is COc1ccc2nc(NC3CCOC3)sc2c1. The van der Waals surface area contributed by atoms with Gasteiger partial charge in [-0.3, -0.25) is 0 Å². The van der Waals surface area contributed by atoms with E-state index in [0.29, 0.717) is 6.04 Å². The first-order valence-electron chi connectivity index (χ1n) is 5.64. The fourth-order valence-corrected chi connectivity index (χ4v) is 2.89. The highest BCUT2D eigenvalue weighted by atomic mass is 32.1. The number of fused-ring (bicyclic) bond motifs is 1. The van der Waals surface area contributed by atoms with E-state index in [0.717, 1.165) is 40.7 Å². The average Bonchev–Trinajstić information content (AvgIpc) is 2.96. The van der Waals surface area contributed by atoms with Gasteiger partial charge in [0.05, 0.1) is 30.0 Å². The number of benzene rings is 1. The molecule has 1 atom stereocenters. The number of thiazole rings is 1. The van der Waals surface area contributed by atoms with Crippen molar-refractivity contribution in [2.45, 2.75) is 12.5 Å².